The molecular weight excluding hydrogens is 332 g/mol. The maximum absolute atomic E-state index is 12.4. The van der Waals surface area contributed by atoms with Crippen LogP contribution in [0.5, 0.6) is 5.75 Å². The Bertz CT molecular complexity index is 667. The van der Waals surface area contributed by atoms with Crippen molar-refractivity contribution >= 4 is 15.9 Å². The monoisotopic (exact) mass is 350 g/mol. The standard InChI is InChI=1S/C16H19BrN2O2/c1-2-21-13-9-7-12(8-10-13)19-16(20)14(17)15(18-19)11-5-3-4-6-11/h7-11,18H,2-6H2,1H3. The fourth-order valence-corrected chi connectivity index (χ4v) is 3.55. The second-order valence-corrected chi connectivity index (χ2v) is 6.18. The summed E-state index contributed by atoms with van der Waals surface area (Å²) in [5.74, 6) is 1.28. The van der Waals surface area contributed by atoms with Crippen molar-refractivity contribution in [1.82, 2.24) is 9.78 Å². The van der Waals surface area contributed by atoms with Crippen LogP contribution in [-0.2, 0) is 0 Å². The van der Waals surface area contributed by atoms with Gasteiger partial charge in [-0.05, 0) is 60.0 Å². The van der Waals surface area contributed by atoms with E-state index in [2.05, 4.69) is 21.0 Å². The molecule has 1 fully saturated rings. The highest BCUT2D eigenvalue weighted by Gasteiger charge is 2.24. The Morgan fingerprint density at radius 2 is 1.95 bits per heavy atom. The summed E-state index contributed by atoms with van der Waals surface area (Å²) >= 11 is 3.46. The number of nitrogens with zero attached hydrogens (tertiary/aromatic N) is 1. The molecule has 1 aliphatic carbocycles. The van der Waals surface area contributed by atoms with Crippen molar-refractivity contribution in [2.75, 3.05) is 6.61 Å². The number of rotatable bonds is 4. The number of halogens is 1. The van der Waals surface area contributed by atoms with E-state index in [1.54, 1.807) is 4.68 Å². The van der Waals surface area contributed by atoms with E-state index in [0.717, 1.165) is 30.0 Å². The minimum absolute atomic E-state index is 0.0268. The van der Waals surface area contributed by atoms with Crippen LogP contribution < -0.4 is 10.3 Å². The largest absolute Gasteiger partial charge is 0.494 e. The van der Waals surface area contributed by atoms with Crippen LogP contribution in [-0.4, -0.2) is 16.4 Å². The van der Waals surface area contributed by atoms with Crippen LogP contribution in [0.15, 0.2) is 33.5 Å². The van der Waals surface area contributed by atoms with Crippen molar-refractivity contribution in [3.63, 3.8) is 0 Å². The molecule has 5 heteroatoms. The minimum atomic E-state index is -0.0268. The summed E-state index contributed by atoms with van der Waals surface area (Å²) in [4.78, 5) is 12.4. The maximum Gasteiger partial charge on any atom is 0.285 e. The van der Waals surface area contributed by atoms with Gasteiger partial charge in [0.25, 0.3) is 5.56 Å². The van der Waals surface area contributed by atoms with E-state index in [4.69, 9.17) is 4.74 Å². The molecule has 112 valence electrons. The number of hydrogen-bond acceptors (Lipinski definition) is 2. The predicted molar refractivity (Wildman–Crippen MR) is 86.5 cm³/mol. The van der Waals surface area contributed by atoms with Crippen LogP contribution in [0, 0.1) is 0 Å². The molecule has 0 saturated heterocycles. The first-order valence-corrected chi connectivity index (χ1v) is 8.23. The Balaban J connectivity index is 1.94. The first-order chi connectivity index (χ1) is 10.2. The molecule has 1 N–H and O–H groups in total. The van der Waals surface area contributed by atoms with E-state index in [0.29, 0.717) is 17.0 Å². The van der Waals surface area contributed by atoms with E-state index in [-0.39, 0.29) is 5.56 Å². The molecule has 1 aliphatic rings. The molecule has 4 nitrogen and oxygen atoms in total. The van der Waals surface area contributed by atoms with Gasteiger partial charge in [0.15, 0.2) is 0 Å². The number of benzene rings is 1. The summed E-state index contributed by atoms with van der Waals surface area (Å²) in [5, 5.41) is 3.28. The van der Waals surface area contributed by atoms with E-state index in [1.165, 1.54) is 12.8 Å². The molecule has 2 aromatic rings. The molecule has 1 saturated carbocycles. The fraction of sp³-hybridized carbons (Fsp3) is 0.438. The number of hydrogen-bond donors (Lipinski definition) is 1. The van der Waals surface area contributed by atoms with Gasteiger partial charge in [-0.3, -0.25) is 9.89 Å². The zero-order chi connectivity index (χ0) is 14.8. The van der Waals surface area contributed by atoms with Crippen molar-refractivity contribution in [3.05, 3.63) is 44.8 Å². The Morgan fingerprint density at radius 1 is 1.29 bits per heavy atom. The van der Waals surface area contributed by atoms with Gasteiger partial charge in [0.1, 0.15) is 10.2 Å². The summed E-state index contributed by atoms with van der Waals surface area (Å²) in [6.07, 6.45) is 4.80. The Kier molecular flexibility index (Phi) is 4.19. The summed E-state index contributed by atoms with van der Waals surface area (Å²) in [6.45, 7) is 2.59. The zero-order valence-corrected chi connectivity index (χ0v) is 13.6. The predicted octanol–water partition coefficient (Wildman–Crippen LogP) is 3.98. The molecule has 0 aliphatic heterocycles. The van der Waals surface area contributed by atoms with E-state index < -0.39 is 0 Å². The van der Waals surface area contributed by atoms with Crippen LogP contribution >= 0.6 is 15.9 Å². The first-order valence-electron chi connectivity index (χ1n) is 7.44. The van der Waals surface area contributed by atoms with E-state index in [1.807, 2.05) is 31.2 Å². The molecule has 0 unspecified atom stereocenters. The topological polar surface area (TPSA) is 47.0 Å². The molecule has 1 heterocycles. The van der Waals surface area contributed by atoms with Crippen LogP contribution in [0.4, 0.5) is 0 Å². The lowest BCUT2D eigenvalue weighted by Crippen LogP contribution is -2.14. The highest BCUT2D eigenvalue weighted by molar-refractivity contribution is 9.10. The van der Waals surface area contributed by atoms with Crippen molar-refractivity contribution < 1.29 is 4.74 Å². The van der Waals surface area contributed by atoms with Gasteiger partial charge in [-0.25, -0.2) is 4.68 Å². The molecule has 0 atom stereocenters. The van der Waals surface area contributed by atoms with Gasteiger partial charge >= 0.3 is 0 Å². The molecule has 0 bridgehead atoms. The average Bonchev–Trinajstić information content (AvgIpc) is 3.11. The normalized spacial score (nSPS) is 15.5. The third-order valence-electron chi connectivity index (χ3n) is 4.03. The smallest absolute Gasteiger partial charge is 0.285 e. The summed E-state index contributed by atoms with van der Waals surface area (Å²) in [5.41, 5.74) is 1.83. The molecule has 0 spiro atoms. The average molecular weight is 351 g/mol. The zero-order valence-electron chi connectivity index (χ0n) is 12.1. The summed E-state index contributed by atoms with van der Waals surface area (Å²) < 4.78 is 7.70. The van der Waals surface area contributed by atoms with Gasteiger partial charge in [0.05, 0.1) is 18.0 Å². The minimum Gasteiger partial charge on any atom is -0.494 e. The van der Waals surface area contributed by atoms with Gasteiger partial charge < -0.3 is 4.74 Å². The number of ether oxygens (including phenoxy) is 1. The van der Waals surface area contributed by atoms with Gasteiger partial charge in [-0.2, -0.15) is 0 Å². The lowest BCUT2D eigenvalue weighted by molar-refractivity contribution is 0.340. The molecular formula is C16H19BrN2O2. The lowest BCUT2D eigenvalue weighted by atomic mass is 10.1. The van der Waals surface area contributed by atoms with Gasteiger partial charge in [-0.1, -0.05) is 12.8 Å². The first kappa shape index (κ1) is 14.4. The number of aromatic amines is 1. The molecule has 1 aromatic carbocycles. The SMILES string of the molecule is CCOc1ccc(-n2[nH]c(C3CCCC3)c(Br)c2=O)cc1. The second-order valence-electron chi connectivity index (χ2n) is 5.39. The lowest BCUT2D eigenvalue weighted by Gasteiger charge is -2.07. The van der Waals surface area contributed by atoms with Crippen molar-refractivity contribution in [3.8, 4) is 11.4 Å². The highest BCUT2D eigenvalue weighted by Crippen LogP contribution is 2.35. The van der Waals surface area contributed by atoms with Gasteiger partial charge in [0, 0.05) is 5.92 Å². The van der Waals surface area contributed by atoms with Gasteiger partial charge in [-0.15, -0.1) is 0 Å². The fourth-order valence-electron chi connectivity index (χ4n) is 2.96. The second kappa shape index (κ2) is 6.10. The van der Waals surface area contributed by atoms with Crippen LogP contribution in [0.25, 0.3) is 5.69 Å². The number of nitrogens with one attached hydrogen (secondary N) is 1. The molecule has 0 amide bonds. The summed E-state index contributed by atoms with van der Waals surface area (Å²) in [6, 6.07) is 7.56. The molecule has 3 rings (SSSR count). The van der Waals surface area contributed by atoms with Crippen LogP contribution in [0.2, 0.25) is 0 Å². The third-order valence-corrected chi connectivity index (χ3v) is 4.80. The van der Waals surface area contributed by atoms with Crippen LogP contribution in [0.1, 0.15) is 44.2 Å². The van der Waals surface area contributed by atoms with E-state index >= 15 is 0 Å². The molecule has 1 aromatic heterocycles. The van der Waals surface area contributed by atoms with Gasteiger partial charge in [0.2, 0.25) is 0 Å². The van der Waals surface area contributed by atoms with Crippen molar-refractivity contribution in [1.29, 1.82) is 0 Å². The quantitative estimate of drug-likeness (QED) is 0.906. The number of aromatic nitrogens is 2. The maximum atomic E-state index is 12.4. The van der Waals surface area contributed by atoms with Crippen molar-refractivity contribution in [2.45, 2.75) is 38.5 Å². The summed E-state index contributed by atoms with van der Waals surface area (Å²) in [7, 11) is 0. The Hall–Kier alpha value is -1.49. The third kappa shape index (κ3) is 2.79. The van der Waals surface area contributed by atoms with Crippen molar-refractivity contribution in [2.24, 2.45) is 0 Å². The number of H-pyrrole nitrogens is 1. The Morgan fingerprint density at radius 3 is 2.57 bits per heavy atom. The molecule has 0 radical (unpaired) electrons. The van der Waals surface area contributed by atoms with E-state index in [9.17, 15) is 4.79 Å². The Labute approximate surface area is 132 Å². The molecule has 21 heavy (non-hydrogen) atoms. The van der Waals surface area contributed by atoms with Crippen LogP contribution in [0.3, 0.4) is 0 Å². The highest BCUT2D eigenvalue weighted by atomic mass is 79.9.